The molecule has 0 unspecified atom stereocenters. The van der Waals surface area contributed by atoms with E-state index in [9.17, 15) is 9.59 Å². The number of hydrogen-bond donors (Lipinski definition) is 0. The van der Waals surface area contributed by atoms with Crippen molar-refractivity contribution < 1.29 is 14.3 Å². The number of aldehydes is 1. The lowest BCUT2D eigenvalue weighted by atomic mass is 10.0. The summed E-state index contributed by atoms with van der Waals surface area (Å²) < 4.78 is 4.93. The molecular formula is C10H9ClO3. The average Bonchev–Trinajstić information content (AvgIpc) is 2.16. The van der Waals surface area contributed by atoms with E-state index in [-0.39, 0.29) is 21.9 Å². The lowest BCUT2D eigenvalue weighted by Crippen LogP contribution is -2.00. The number of hydrogen-bond acceptors (Lipinski definition) is 3. The molecule has 0 saturated carbocycles. The van der Waals surface area contributed by atoms with Crippen molar-refractivity contribution in [3.05, 3.63) is 28.3 Å². The molecule has 0 atom stereocenters. The highest BCUT2D eigenvalue weighted by Crippen LogP contribution is 2.25. The highest BCUT2D eigenvalue weighted by atomic mass is 35.5. The van der Waals surface area contributed by atoms with Crippen LogP contribution in [0.2, 0.25) is 5.02 Å². The van der Waals surface area contributed by atoms with Gasteiger partial charge in [-0.2, -0.15) is 0 Å². The summed E-state index contributed by atoms with van der Waals surface area (Å²) in [5.41, 5.74) is 0.490. The Morgan fingerprint density at radius 3 is 2.57 bits per heavy atom. The molecule has 0 radical (unpaired) electrons. The van der Waals surface area contributed by atoms with E-state index in [0.717, 1.165) is 0 Å². The second-order valence-electron chi connectivity index (χ2n) is 2.74. The van der Waals surface area contributed by atoms with Gasteiger partial charge >= 0.3 is 0 Å². The monoisotopic (exact) mass is 212 g/mol. The van der Waals surface area contributed by atoms with Crippen molar-refractivity contribution in [2.45, 2.75) is 6.92 Å². The van der Waals surface area contributed by atoms with Gasteiger partial charge < -0.3 is 4.74 Å². The minimum absolute atomic E-state index is 0.208. The van der Waals surface area contributed by atoms with Crippen LogP contribution >= 0.6 is 11.6 Å². The van der Waals surface area contributed by atoms with Gasteiger partial charge in [0, 0.05) is 11.1 Å². The van der Waals surface area contributed by atoms with Crippen LogP contribution in [0.15, 0.2) is 12.1 Å². The fourth-order valence-corrected chi connectivity index (χ4v) is 1.38. The van der Waals surface area contributed by atoms with Gasteiger partial charge in [0.1, 0.15) is 5.75 Å². The Kier molecular flexibility index (Phi) is 3.25. The zero-order valence-electron chi connectivity index (χ0n) is 7.83. The maximum absolute atomic E-state index is 11.2. The molecule has 0 bridgehead atoms. The topological polar surface area (TPSA) is 43.4 Å². The molecule has 74 valence electrons. The summed E-state index contributed by atoms with van der Waals surface area (Å²) in [4.78, 5) is 21.8. The summed E-state index contributed by atoms with van der Waals surface area (Å²) in [6.45, 7) is 1.37. The molecule has 14 heavy (non-hydrogen) atoms. The van der Waals surface area contributed by atoms with E-state index >= 15 is 0 Å². The average molecular weight is 213 g/mol. The maximum atomic E-state index is 11.2. The number of benzene rings is 1. The van der Waals surface area contributed by atoms with Gasteiger partial charge in [0.05, 0.1) is 12.1 Å². The van der Waals surface area contributed by atoms with E-state index in [1.54, 1.807) is 0 Å². The number of methoxy groups -OCH3 is 1. The minimum Gasteiger partial charge on any atom is -0.497 e. The third-order valence-electron chi connectivity index (χ3n) is 1.84. The fourth-order valence-electron chi connectivity index (χ4n) is 1.12. The molecule has 0 aliphatic heterocycles. The van der Waals surface area contributed by atoms with Gasteiger partial charge in [0.25, 0.3) is 0 Å². The number of Topliss-reactive ketones (excluding diaryl/α,β-unsaturated/α-hetero) is 1. The first-order chi connectivity index (χ1) is 6.60. The number of ether oxygens (including phenoxy) is 1. The van der Waals surface area contributed by atoms with Crippen LogP contribution in [0.25, 0.3) is 0 Å². The zero-order valence-corrected chi connectivity index (χ0v) is 8.59. The molecule has 0 spiro atoms. The van der Waals surface area contributed by atoms with E-state index in [2.05, 4.69) is 0 Å². The Balaban J connectivity index is 3.43. The maximum Gasteiger partial charge on any atom is 0.160 e. The number of halogens is 1. The molecular weight excluding hydrogens is 204 g/mol. The van der Waals surface area contributed by atoms with Crippen LogP contribution in [-0.2, 0) is 0 Å². The second kappa shape index (κ2) is 4.24. The van der Waals surface area contributed by atoms with Gasteiger partial charge in [0.2, 0.25) is 0 Å². The Bertz CT molecular complexity index is 385. The molecule has 1 aromatic rings. The SMILES string of the molecule is COc1cc(Cl)c(C=O)c(C(C)=O)c1. The first kappa shape index (κ1) is 10.7. The van der Waals surface area contributed by atoms with Gasteiger partial charge in [-0.05, 0) is 19.1 Å². The van der Waals surface area contributed by atoms with Crippen molar-refractivity contribution in [1.82, 2.24) is 0 Å². The zero-order chi connectivity index (χ0) is 10.7. The van der Waals surface area contributed by atoms with Crippen LogP contribution in [0.3, 0.4) is 0 Å². The summed E-state index contributed by atoms with van der Waals surface area (Å²) >= 11 is 5.79. The molecule has 0 N–H and O–H groups in total. The summed E-state index contributed by atoms with van der Waals surface area (Å²) in [6, 6.07) is 3.00. The molecule has 1 aromatic carbocycles. The van der Waals surface area contributed by atoms with Crippen molar-refractivity contribution in [2.75, 3.05) is 7.11 Å². The highest BCUT2D eigenvalue weighted by Gasteiger charge is 2.12. The standard InChI is InChI=1S/C10H9ClO3/c1-6(13)8-3-7(14-2)4-10(11)9(8)5-12/h3-5H,1-2H3. The van der Waals surface area contributed by atoms with Crippen molar-refractivity contribution in [1.29, 1.82) is 0 Å². The molecule has 0 aliphatic carbocycles. The van der Waals surface area contributed by atoms with Crippen LogP contribution in [0, 0.1) is 0 Å². The third kappa shape index (κ3) is 1.93. The van der Waals surface area contributed by atoms with Crippen LogP contribution in [0.4, 0.5) is 0 Å². The Morgan fingerprint density at radius 2 is 2.14 bits per heavy atom. The molecule has 3 nitrogen and oxygen atoms in total. The summed E-state index contributed by atoms with van der Waals surface area (Å²) in [5, 5.41) is 0.226. The lowest BCUT2D eigenvalue weighted by molar-refractivity contribution is 0.100. The molecule has 0 aliphatic rings. The summed E-state index contributed by atoms with van der Waals surface area (Å²) in [5.74, 6) is 0.249. The van der Waals surface area contributed by atoms with Crippen molar-refractivity contribution in [3.8, 4) is 5.75 Å². The van der Waals surface area contributed by atoms with Crippen LogP contribution < -0.4 is 4.74 Å². The predicted octanol–water partition coefficient (Wildman–Crippen LogP) is 2.36. The van der Waals surface area contributed by atoms with Crippen molar-refractivity contribution >= 4 is 23.7 Å². The fraction of sp³-hybridized carbons (Fsp3) is 0.200. The molecule has 0 heterocycles. The van der Waals surface area contributed by atoms with Gasteiger partial charge in [0.15, 0.2) is 12.1 Å². The molecule has 0 amide bonds. The normalized spacial score (nSPS) is 9.64. The summed E-state index contributed by atoms with van der Waals surface area (Å²) in [7, 11) is 1.47. The van der Waals surface area contributed by atoms with Crippen molar-refractivity contribution in [2.24, 2.45) is 0 Å². The molecule has 0 saturated heterocycles. The minimum atomic E-state index is -0.215. The molecule has 0 aromatic heterocycles. The third-order valence-corrected chi connectivity index (χ3v) is 2.15. The van der Waals surface area contributed by atoms with Gasteiger partial charge in [-0.25, -0.2) is 0 Å². The molecule has 0 fully saturated rings. The van der Waals surface area contributed by atoms with Gasteiger partial charge in [-0.3, -0.25) is 9.59 Å². The number of ketones is 1. The summed E-state index contributed by atoms with van der Waals surface area (Å²) in [6.07, 6.45) is 0.568. The first-order valence-corrected chi connectivity index (χ1v) is 4.31. The molecule has 1 rings (SSSR count). The van der Waals surface area contributed by atoms with E-state index in [0.29, 0.717) is 12.0 Å². The van der Waals surface area contributed by atoms with E-state index < -0.39 is 0 Å². The quantitative estimate of drug-likeness (QED) is 0.571. The highest BCUT2D eigenvalue weighted by molar-refractivity contribution is 6.34. The number of carbonyl (C=O) groups excluding carboxylic acids is 2. The number of rotatable bonds is 3. The second-order valence-corrected chi connectivity index (χ2v) is 3.15. The van der Waals surface area contributed by atoms with E-state index in [1.165, 1.54) is 26.2 Å². The van der Waals surface area contributed by atoms with Crippen LogP contribution in [0.5, 0.6) is 5.75 Å². The van der Waals surface area contributed by atoms with Crippen LogP contribution in [-0.4, -0.2) is 19.2 Å². The Morgan fingerprint density at radius 1 is 1.50 bits per heavy atom. The van der Waals surface area contributed by atoms with Crippen molar-refractivity contribution in [3.63, 3.8) is 0 Å². The van der Waals surface area contributed by atoms with Gasteiger partial charge in [-0.15, -0.1) is 0 Å². The number of carbonyl (C=O) groups is 2. The van der Waals surface area contributed by atoms with E-state index in [1.807, 2.05) is 0 Å². The largest absolute Gasteiger partial charge is 0.497 e. The van der Waals surface area contributed by atoms with Gasteiger partial charge in [-0.1, -0.05) is 11.6 Å². The van der Waals surface area contributed by atoms with Crippen LogP contribution in [0.1, 0.15) is 27.6 Å². The Labute approximate surface area is 86.6 Å². The molecule has 4 heteroatoms. The smallest absolute Gasteiger partial charge is 0.160 e. The first-order valence-electron chi connectivity index (χ1n) is 3.93. The predicted molar refractivity (Wildman–Crippen MR) is 53.4 cm³/mol. The lowest BCUT2D eigenvalue weighted by Gasteiger charge is -2.06. The van der Waals surface area contributed by atoms with E-state index in [4.69, 9.17) is 16.3 Å². The Hall–Kier alpha value is -1.35.